The third-order valence-corrected chi connectivity index (χ3v) is 1.70. The van der Waals surface area contributed by atoms with Gasteiger partial charge in [0.25, 0.3) is 5.56 Å². The van der Waals surface area contributed by atoms with Crippen LogP contribution in [0.25, 0.3) is 0 Å². The molecule has 0 amide bonds. The smallest absolute Gasteiger partial charge is 0.336 e. The molecule has 8 heteroatoms. The molecule has 2 N–H and O–H groups in total. The summed E-state index contributed by atoms with van der Waals surface area (Å²) in [5, 5.41) is 0. The van der Waals surface area contributed by atoms with Crippen molar-refractivity contribution in [3.8, 4) is 5.75 Å². The molecule has 0 bridgehead atoms. The molecule has 102 valence electrons. The average Bonchev–Trinajstić information content (AvgIpc) is 2.29. The lowest BCUT2D eigenvalue weighted by Gasteiger charge is -2.03. The van der Waals surface area contributed by atoms with Crippen LogP contribution in [0, 0.1) is 0 Å². The van der Waals surface area contributed by atoms with Gasteiger partial charge in [0.2, 0.25) is 5.75 Å². The van der Waals surface area contributed by atoms with Gasteiger partial charge in [-0.05, 0) is 13.8 Å². The van der Waals surface area contributed by atoms with Crippen LogP contribution >= 0.6 is 0 Å². The van der Waals surface area contributed by atoms with Crippen molar-refractivity contribution < 1.29 is 19.1 Å². The molecule has 0 saturated heterocycles. The first-order valence-corrected chi connectivity index (χ1v) is 5.31. The Balaban J connectivity index is 2.65. The van der Waals surface area contributed by atoms with Crippen LogP contribution in [-0.2, 0) is 14.3 Å². The number of ether oxygens (including phenoxy) is 2. The highest BCUT2D eigenvalue weighted by Crippen LogP contribution is 1.97. The molecule has 0 aliphatic rings. The summed E-state index contributed by atoms with van der Waals surface area (Å²) in [7, 11) is 0. The molecule has 1 aromatic rings. The van der Waals surface area contributed by atoms with E-state index in [-0.39, 0.29) is 11.9 Å². The Hall–Kier alpha value is -2.64. The SMILES string of the molecule is CC(C)OC(=O)/C=C/C(=O)Oc1c[nH]c(=O)[nH]c1=O. The molecule has 0 aromatic carbocycles. The highest BCUT2D eigenvalue weighted by Gasteiger charge is 2.07. The number of aromatic amines is 2. The van der Waals surface area contributed by atoms with Gasteiger partial charge in [-0.25, -0.2) is 14.4 Å². The predicted octanol–water partition coefficient (Wildman–Crippen LogP) is -0.524. The Bertz CT molecular complexity index is 610. The van der Waals surface area contributed by atoms with Crippen molar-refractivity contribution in [1.82, 2.24) is 9.97 Å². The molecular weight excluding hydrogens is 256 g/mol. The van der Waals surface area contributed by atoms with E-state index in [4.69, 9.17) is 4.74 Å². The summed E-state index contributed by atoms with van der Waals surface area (Å²) in [5.41, 5.74) is -1.57. The summed E-state index contributed by atoms with van der Waals surface area (Å²) in [5.74, 6) is -2.04. The van der Waals surface area contributed by atoms with Crippen LogP contribution in [0.4, 0.5) is 0 Å². The second-order valence-electron chi connectivity index (χ2n) is 3.68. The highest BCUT2D eigenvalue weighted by atomic mass is 16.5. The van der Waals surface area contributed by atoms with E-state index in [1.807, 2.05) is 4.98 Å². The van der Waals surface area contributed by atoms with Gasteiger partial charge in [-0.2, -0.15) is 0 Å². The van der Waals surface area contributed by atoms with Crippen molar-refractivity contribution >= 4 is 11.9 Å². The molecule has 1 rings (SSSR count). The summed E-state index contributed by atoms with van der Waals surface area (Å²) < 4.78 is 9.35. The third-order valence-electron chi connectivity index (χ3n) is 1.70. The van der Waals surface area contributed by atoms with Crippen molar-refractivity contribution in [2.75, 3.05) is 0 Å². The first-order chi connectivity index (χ1) is 8.88. The van der Waals surface area contributed by atoms with Gasteiger partial charge in [-0.3, -0.25) is 9.78 Å². The summed E-state index contributed by atoms with van der Waals surface area (Å²) in [4.78, 5) is 48.3. The second kappa shape index (κ2) is 6.34. The molecule has 0 atom stereocenters. The lowest BCUT2D eigenvalue weighted by molar-refractivity contribution is -0.141. The quantitative estimate of drug-likeness (QED) is 0.560. The van der Waals surface area contributed by atoms with Gasteiger partial charge in [-0.1, -0.05) is 0 Å². The standard InChI is InChI=1S/C11H12N2O6/c1-6(2)18-8(14)3-4-9(15)19-7-5-12-11(17)13-10(7)16/h3-6H,1-2H3,(H2,12,13,16,17)/b4-3+. The number of carbonyl (C=O) groups is 2. The number of esters is 2. The molecule has 0 aliphatic heterocycles. The fourth-order valence-corrected chi connectivity index (χ4v) is 1.02. The molecular formula is C11H12N2O6. The van der Waals surface area contributed by atoms with Crippen molar-refractivity contribution in [2.24, 2.45) is 0 Å². The zero-order valence-electron chi connectivity index (χ0n) is 10.3. The summed E-state index contributed by atoms with van der Waals surface area (Å²) in [6, 6.07) is 0. The van der Waals surface area contributed by atoms with E-state index in [1.54, 1.807) is 13.8 Å². The van der Waals surface area contributed by atoms with Crippen LogP contribution < -0.4 is 16.0 Å². The van der Waals surface area contributed by atoms with Crippen molar-refractivity contribution in [3.05, 3.63) is 39.2 Å². The largest absolute Gasteiger partial charge is 0.460 e. The van der Waals surface area contributed by atoms with E-state index in [0.29, 0.717) is 0 Å². The van der Waals surface area contributed by atoms with Crippen molar-refractivity contribution in [3.63, 3.8) is 0 Å². The van der Waals surface area contributed by atoms with Gasteiger partial charge in [0.05, 0.1) is 12.3 Å². The van der Waals surface area contributed by atoms with Gasteiger partial charge >= 0.3 is 17.6 Å². The number of nitrogens with one attached hydrogen (secondary N) is 2. The maximum atomic E-state index is 11.3. The van der Waals surface area contributed by atoms with Gasteiger partial charge in [0.1, 0.15) is 0 Å². The molecule has 8 nitrogen and oxygen atoms in total. The predicted molar refractivity (Wildman–Crippen MR) is 63.7 cm³/mol. The minimum absolute atomic E-state index is 0.310. The molecule has 0 radical (unpaired) electrons. The van der Waals surface area contributed by atoms with Gasteiger partial charge in [0.15, 0.2) is 0 Å². The number of H-pyrrole nitrogens is 2. The molecule has 0 saturated carbocycles. The third kappa shape index (κ3) is 5.02. The number of rotatable bonds is 4. The molecule has 1 aromatic heterocycles. The van der Waals surface area contributed by atoms with E-state index in [1.165, 1.54) is 0 Å². The number of hydrogen-bond donors (Lipinski definition) is 2. The monoisotopic (exact) mass is 268 g/mol. The Morgan fingerprint density at radius 1 is 1.21 bits per heavy atom. The first kappa shape index (κ1) is 14.4. The van der Waals surface area contributed by atoms with E-state index in [0.717, 1.165) is 18.3 Å². The van der Waals surface area contributed by atoms with Crippen LogP contribution in [0.5, 0.6) is 5.75 Å². The minimum atomic E-state index is -0.946. The van der Waals surface area contributed by atoms with Crippen LogP contribution in [-0.4, -0.2) is 28.0 Å². The molecule has 0 unspecified atom stereocenters. The van der Waals surface area contributed by atoms with E-state index in [2.05, 4.69) is 9.72 Å². The topological polar surface area (TPSA) is 118 Å². The van der Waals surface area contributed by atoms with Crippen LogP contribution in [0.15, 0.2) is 27.9 Å². The van der Waals surface area contributed by atoms with Crippen LogP contribution in [0.2, 0.25) is 0 Å². The molecule has 1 heterocycles. The molecule has 0 spiro atoms. The highest BCUT2D eigenvalue weighted by molar-refractivity contribution is 5.92. The second-order valence-corrected chi connectivity index (χ2v) is 3.68. The Morgan fingerprint density at radius 2 is 1.84 bits per heavy atom. The number of carbonyl (C=O) groups excluding carboxylic acids is 2. The average molecular weight is 268 g/mol. The van der Waals surface area contributed by atoms with Crippen LogP contribution in [0.1, 0.15) is 13.8 Å². The molecule has 19 heavy (non-hydrogen) atoms. The Kier molecular flexibility index (Phi) is 4.81. The maximum absolute atomic E-state index is 11.3. The van der Waals surface area contributed by atoms with E-state index >= 15 is 0 Å². The van der Waals surface area contributed by atoms with Gasteiger partial charge in [0, 0.05) is 12.2 Å². The lowest BCUT2D eigenvalue weighted by atomic mass is 10.4. The van der Waals surface area contributed by atoms with Crippen molar-refractivity contribution in [1.29, 1.82) is 0 Å². The fourth-order valence-electron chi connectivity index (χ4n) is 1.02. The normalized spacial score (nSPS) is 10.7. The van der Waals surface area contributed by atoms with Crippen molar-refractivity contribution in [2.45, 2.75) is 20.0 Å². The van der Waals surface area contributed by atoms with E-state index < -0.39 is 23.2 Å². The first-order valence-electron chi connectivity index (χ1n) is 5.31. The van der Waals surface area contributed by atoms with E-state index in [9.17, 15) is 19.2 Å². The molecule has 0 fully saturated rings. The number of aromatic nitrogens is 2. The summed E-state index contributed by atoms with van der Waals surface area (Å²) in [6.07, 6.45) is 2.33. The van der Waals surface area contributed by atoms with Gasteiger partial charge < -0.3 is 14.5 Å². The zero-order chi connectivity index (χ0) is 14.4. The summed E-state index contributed by atoms with van der Waals surface area (Å²) >= 11 is 0. The number of hydrogen-bond acceptors (Lipinski definition) is 6. The Morgan fingerprint density at radius 3 is 2.42 bits per heavy atom. The zero-order valence-corrected chi connectivity index (χ0v) is 10.3. The fraction of sp³-hybridized carbons (Fsp3) is 0.273. The maximum Gasteiger partial charge on any atom is 0.336 e. The minimum Gasteiger partial charge on any atom is -0.460 e. The van der Waals surface area contributed by atoms with Gasteiger partial charge in [-0.15, -0.1) is 0 Å². The Labute approximate surface area is 107 Å². The summed E-state index contributed by atoms with van der Waals surface area (Å²) in [6.45, 7) is 3.31. The molecule has 0 aliphatic carbocycles. The van der Waals surface area contributed by atoms with Crippen LogP contribution in [0.3, 0.4) is 0 Å². The lowest BCUT2D eigenvalue weighted by Crippen LogP contribution is -2.24.